The molecule has 160 valence electrons. The quantitative estimate of drug-likeness (QED) is 0.452. The standard InChI is InChI=1S/C23H29N3O4/c1-16(2)13-25-14-22(27)21(26-23(28)29)11-17-6-8-20(9-7-17)30-15-19-5-3-4-18(10-19)12-24/h3-10,16,21-22,25-27H,11,13-15H2,1-2H3,(H,28,29)/t21-,22+/m0/s1. The van der Waals surface area contributed by atoms with Crippen molar-refractivity contribution >= 4 is 6.09 Å². The topological polar surface area (TPSA) is 115 Å². The van der Waals surface area contributed by atoms with Gasteiger partial charge >= 0.3 is 6.09 Å². The highest BCUT2D eigenvalue weighted by atomic mass is 16.5. The third-order valence-electron chi connectivity index (χ3n) is 4.52. The molecule has 0 fully saturated rings. The average molecular weight is 412 g/mol. The Balaban J connectivity index is 1.93. The molecule has 30 heavy (non-hydrogen) atoms. The maximum atomic E-state index is 11.1. The summed E-state index contributed by atoms with van der Waals surface area (Å²) < 4.78 is 5.76. The monoisotopic (exact) mass is 411 g/mol. The number of carboxylic acid groups (broad SMARTS) is 1. The smallest absolute Gasteiger partial charge is 0.404 e. The number of benzene rings is 2. The minimum Gasteiger partial charge on any atom is -0.489 e. The zero-order chi connectivity index (χ0) is 21.9. The number of hydrogen-bond donors (Lipinski definition) is 4. The van der Waals surface area contributed by atoms with Crippen molar-refractivity contribution in [2.45, 2.75) is 39.0 Å². The van der Waals surface area contributed by atoms with Gasteiger partial charge in [0, 0.05) is 6.54 Å². The van der Waals surface area contributed by atoms with E-state index in [0.29, 0.717) is 36.8 Å². The molecule has 0 aliphatic heterocycles. The Labute approximate surface area is 177 Å². The molecular weight excluding hydrogens is 382 g/mol. The van der Waals surface area contributed by atoms with E-state index in [9.17, 15) is 9.90 Å². The van der Waals surface area contributed by atoms with Crippen LogP contribution in [0.15, 0.2) is 48.5 Å². The van der Waals surface area contributed by atoms with Crippen molar-refractivity contribution in [1.82, 2.24) is 10.6 Å². The number of carbonyl (C=O) groups is 1. The number of nitriles is 1. The van der Waals surface area contributed by atoms with Crippen molar-refractivity contribution in [2.75, 3.05) is 13.1 Å². The summed E-state index contributed by atoms with van der Waals surface area (Å²) in [5.74, 6) is 1.11. The molecular formula is C23H29N3O4. The van der Waals surface area contributed by atoms with E-state index >= 15 is 0 Å². The summed E-state index contributed by atoms with van der Waals surface area (Å²) in [5.41, 5.74) is 2.38. The molecule has 0 aromatic heterocycles. The fourth-order valence-corrected chi connectivity index (χ4v) is 2.98. The molecule has 0 radical (unpaired) electrons. The predicted molar refractivity (Wildman–Crippen MR) is 114 cm³/mol. The van der Waals surface area contributed by atoms with Crippen LogP contribution in [0.2, 0.25) is 0 Å². The minimum absolute atomic E-state index is 0.312. The van der Waals surface area contributed by atoms with Crippen LogP contribution in [0, 0.1) is 17.2 Å². The number of rotatable bonds is 11. The first-order chi connectivity index (χ1) is 14.4. The second-order valence-electron chi connectivity index (χ2n) is 7.62. The van der Waals surface area contributed by atoms with Crippen LogP contribution in [-0.4, -0.2) is 41.5 Å². The Morgan fingerprint density at radius 3 is 2.50 bits per heavy atom. The molecule has 2 aromatic carbocycles. The zero-order valence-electron chi connectivity index (χ0n) is 17.3. The molecule has 0 heterocycles. The second kappa shape index (κ2) is 11.8. The number of nitrogens with zero attached hydrogens (tertiary/aromatic N) is 1. The molecule has 7 heteroatoms. The third kappa shape index (κ3) is 8.11. The highest BCUT2D eigenvalue weighted by molar-refractivity contribution is 5.65. The maximum Gasteiger partial charge on any atom is 0.404 e. The SMILES string of the molecule is CC(C)CNC[C@@H](O)[C@H](Cc1ccc(OCc2cccc(C#N)c2)cc1)NC(=O)O. The van der Waals surface area contributed by atoms with Crippen LogP contribution in [0.4, 0.5) is 4.79 Å². The van der Waals surface area contributed by atoms with E-state index in [4.69, 9.17) is 15.1 Å². The summed E-state index contributed by atoms with van der Waals surface area (Å²) >= 11 is 0. The summed E-state index contributed by atoms with van der Waals surface area (Å²) in [5, 5.41) is 34.0. The van der Waals surface area contributed by atoms with Gasteiger partial charge in [-0.1, -0.05) is 38.1 Å². The number of amides is 1. The van der Waals surface area contributed by atoms with Crippen molar-refractivity contribution in [3.05, 3.63) is 65.2 Å². The van der Waals surface area contributed by atoms with Crippen molar-refractivity contribution in [2.24, 2.45) is 5.92 Å². The van der Waals surface area contributed by atoms with E-state index in [1.165, 1.54) is 0 Å². The van der Waals surface area contributed by atoms with Gasteiger partial charge in [0.1, 0.15) is 12.4 Å². The molecule has 4 N–H and O–H groups in total. The van der Waals surface area contributed by atoms with Crippen LogP contribution in [0.5, 0.6) is 5.75 Å². The van der Waals surface area contributed by atoms with Gasteiger partial charge < -0.3 is 25.6 Å². The Morgan fingerprint density at radius 1 is 1.13 bits per heavy atom. The average Bonchev–Trinajstić information content (AvgIpc) is 2.72. The zero-order valence-corrected chi connectivity index (χ0v) is 17.3. The number of hydrogen-bond acceptors (Lipinski definition) is 5. The second-order valence-corrected chi connectivity index (χ2v) is 7.62. The fourth-order valence-electron chi connectivity index (χ4n) is 2.98. The van der Waals surface area contributed by atoms with E-state index < -0.39 is 18.2 Å². The van der Waals surface area contributed by atoms with Crippen LogP contribution in [0.25, 0.3) is 0 Å². The lowest BCUT2D eigenvalue weighted by Crippen LogP contribution is -2.48. The van der Waals surface area contributed by atoms with E-state index in [0.717, 1.165) is 17.7 Å². The number of aliphatic hydroxyl groups is 1. The molecule has 7 nitrogen and oxygen atoms in total. The van der Waals surface area contributed by atoms with Crippen LogP contribution < -0.4 is 15.4 Å². The molecule has 2 aromatic rings. The highest BCUT2D eigenvalue weighted by Gasteiger charge is 2.21. The van der Waals surface area contributed by atoms with Crippen LogP contribution >= 0.6 is 0 Å². The fraction of sp³-hybridized carbons (Fsp3) is 0.391. The largest absolute Gasteiger partial charge is 0.489 e. The predicted octanol–water partition coefficient (Wildman–Crippen LogP) is 2.92. The van der Waals surface area contributed by atoms with Gasteiger partial charge in [-0.15, -0.1) is 0 Å². The first-order valence-electron chi connectivity index (χ1n) is 9.96. The Hall–Kier alpha value is -3.08. The van der Waals surface area contributed by atoms with Gasteiger partial charge in [0.15, 0.2) is 0 Å². The van der Waals surface area contributed by atoms with Crippen LogP contribution in [0.3, 0.4) is 0 Å². The summed E-state index contributed by atoms with van der Waals surface area (Å²) in [4.78, 5) is 11.1. The van der Waals surface area contributed by atoms with Crippen molar-refractivity contribution in [3.8, 4) is 11.8 Å². The van der Waals surface area contributed by atoms with E-state index in [2.05, 4.69) is 30.6 Å². The first kappa shape index (κ1) is 23.2. The van der Waals surface area contributed by atoms with Crippen molar-refractivity contribution in [3.63, 3.8) is 0 Å². The van der Waals surface area contributed by atoms with E-state index in [1.807, 2.05) is 36.4 Å². The molecule has 0 bridgehead atoms. The van der Waals surface area contributed by atoms with Crippen molar-refractivity contribution < 1.29 is 19.7 Å². The van der Waals surface area contributed by atoms with Gasteiger partial charge in [0.2, 0.25) is 0 Å². The van der Waals surface area contributed by atoms with Crippen LogP contribution in [0.1, 0.15) is 30.5 Å². The molecule has 0 aliphatic rings. The summed E-state index contributed by atoms with van der Waals surface area (Å²) in [7, 11) is 0. The number of ether oxygens (including phenoxy) is 1. The van der Waals surface area contributed by atoms with Gasteiger partial charge in [-0.25, -0.2) is 4.79 Å². The normalized spacial score (nSPS) is 12.8. The molecule has 0 spiro atoms. The van der Waals surface area contributed by atoms with Gasteiger partial charge in [0.25, 0.3) is 0 Å². The van der Waals surface area contributed by atoms with Gasteiger partial charge in [-0.05, 0) is 54.3 Å². The minimum atomic E-state index is -1.16. The lowest BCUT2D eigenvalue weighted by atomic mass is 10.0. The van der Waals surface area contributed by atoms with E-state index in [-0.39, 0.29) is 0 Å². The van der Waals surface area contributed by atoms with Gasteiger partial charge in [0.05, 0.1) is 23.8 Å². The lowest BCUT2D eigenvalue weighted by molar-refractivity contribution is 0.117. The Kier molecular flexibility index (Phi) is 9.13. The summed E-state index contributed by atoms with van der Waals surface area (Å²) in [6, 6.07) is 16.0. The Bertz CT molecular complexity index is 846. The van der Waals surface area contributed by atoms with Crippen LogP contribution in [-0.2, 0) is 13.0 Å². The highest BCUT2D eigenvalue weighted by Crippen LogP contribution is 2.16. The summed E-state index contributed by atoms with van der Waals surface area (Å²) in [6.45, 7) is 5.54. The molecule has 2 atom stereocenters. The molecule has 2 rings (SSSR count). The molecule has 0 unspecified atom stereocenters. The van der Waals surface area contributed by atoms with E-state index in [1.54, 1.807) is 12.1 Å². The summed E-state index contributed by atoms with van der Waals surface area (Å²) in [6.07, 6.45) is -1.65. The molecule has 0 saturated heterocycles. The molecule has 1 amide bonds. The van der Waals surface area contributed by atoms with Gasteiger partial charge in [-0.3, -0.25) is 0 Å². The van der Waals surface area contributed by atoms with Gasteiger partial charge in [-0.2, -0.15) is 5.26 Å². The third-order valence-corrected chi connectivity index (χ3v) is 4.52. The maximum absolute atomic E-state index is 11.1. The van der Waals surface area contributed by atoms with Crippen molar-refractivity contribution in [1.29, 1.82) is 5.26 Å². The number of nitrogens with one attached hydrogen (secondary N) is 2. The molecule has 0 aliphatic carbocycles. The first-order valence-corrected chi connectivity index (χ1v) is 9.96. The number of aliphatic hydroxyl groups excluding tert-OH is 1. The lowest BCUT2D eigenvalue weighted by Gasteiger charge is -2.24. The molecule has 0 saturated carbocycles. The Morgan fingerprint density at radius 2 is 1.87 bits per heavy atom.